The van der Waals surface area contributed by atoms with Crippen molar-refractivity contribution in [2.24, 2.45) is 0 Å². The van der Waals surface area contributed by atoms with Gasteiger partial charge in [-0.2, -0.15) is 0 Å². The number of hydrogen-bond donors (Lipinski definition) is 1. The summed E-state index contributed by atoms with van der Waals surface area (Å²) in [7, 11) is 0. The molecule has 172 valence electrons. The summed E-state index contributed by atoms with van der Waals surface area (Å²) in [6, 6.07) is 19.7. The molecule has 1 amide bonds. The van der Waals surface area contributed by atoms with E-state index in [1.807, 2.05) is 60.7 Å². The predicted molar refractivity (Wildman–Crippen MR) is 127 cm³/mol. The van der Waals surface area contributed by atoms with Crippen molar-refractivity contribution in [1.82, 2.24) is 25.0 Å². The fourth-order valence-corrected chi connectivity index (χ4v) is 4.98. The van der Waals surface area contributed by atoms with E-state index in [2.05, 4.69) is 20.3 Å². The number of benzene rings is 2. The summed E-state index contributed by atoms with van der Waals surface area (Å²) in [5, 5.41) is 7.79. The molecule has 2 fully saturated rings. The zero-order valence-electron chi connectivity index (χ0n) is 18.9. The molecule has 3 aromatic rings. The standard InChI is InChI=1S/C26H31N5O2/c32-25(27-20-26(14-18-33-19-15-26)30-16-8-3-9-17-30)23-28-24(21-10-4-1-5-11-21)31(29-23)22-12-6-2-7-13-22/h1-2,4-7,10-13H,3,8-9,14-20H2,(H,27,32). The zero-order chi connectivity index (χ0) is 22.5. The van der Waals surface area contributed by atoms with Gasteiger partial charge >= 0.3 is 0 Å². The van der Waals surface area contributed by atoms with E-state index in [0.717, 1.165) is 50.4 Å². The lowest BCUT2D eigenvalue weighted by Gasteiger charge is -2.48. The van der Waals surface area contributed by atoms with Gasteiger partial charge in [0, 0.05) is 30.9 Å². The second-order valence-electron chi connectivity index (χ2n) is 8.94. The van der Waals surface area contributed by atoms with Crippen LogP contribution in [0.1, 0.15) is 42.7 Å². The van der Waals surface area contributed by atoms with Crippen LogP contribution in [0.3, 0.4) is 0 Å². The number of carbonyl (C=O) groups excluding carboxylic acids is 1. The summed E-state index contributed by atoms with van der Waals surface area (Å²) >= 11 is 0. The third-order valence-corrected chi connectivity index (χ3v) is 6.87. The van der Waals surface area contributed by atoms with Crippen molar-refractivity contribution in [2.45, 2.75) is 37.6 Å². The van der Waals surface area contributed by atoms with E-state index in [1.165, 1.54) is 19.3 Å². The predicted octanol–water partition coefficient (Wildman–Crippen LogP) is 3.70. The second kappa shape index (κ2) is 9.85. The first kappa shape index (κ1) is 21.8. The average Bonchev–Trinajstić information content (AvgIpc) is 3.35. The van der Waals surface area contributed by atoms with Crippen LogP contribution >= 0.6 is 0 Å². The van der Waals surface area contributed by atoms with Gasteiger partial charge in [0.2, 0.25) is 5.82 Å². The molecule has 7 heteroatoms. The van der Waals surface area contributed by atoms with Crippen LogP contribution in [-0.2, 0) is 4.74 Å². The van der Waals surface area contributed by atoms with Gasteiger partial charge in [-0.25, -0.2) is 9.67 Å². The summed E-state index contributed by atoms with van der Waals surface area (Å²) in [5.74, 6) is 0.618. The SMILES string of the molecule is O=C(NCC1(N2CCCCC2)CCOCC1)c1nc(-c2ccccc2)n(-c2ccccc2)n1. The molecule has 1 N–H and O–H groups in total. The van der Waals surface area contributed by atoms with Crippen LogP contribution in [0, 0.1) is 0 Å². The quantitative estimate of drug-likeness (QED) is 0.626. The Labute approximate surface area is 194 Å². The molecule has 7 nitrogen and oxygen atoms in total. The number of likely N-dealkylation sites (tertiary alicyclic amines) is 1. The molecular weight excluding hydrogens is 414 g/mol. The molecule has 0 atom stereocenters. The van der Waals surface area contributed by atoms with Gasteiger partial charge in [0.1, 0.15) is 0 Å². The van der Waals surface area contributed by atoms with Gasteiger partial charge in [-0.3, -0.25) is 9.69 Å². The van der Waals surface area contributed by atoms with Gasteiger partial charge in [0.15, 0.2) is 5.82 Å². The molecule has 3 heterocycles. The van der Waals surface area contributed by atoms with E-state index in [1.54, 1.807) is 4.68 Å². The van der Waals surface area contributed by atoms with Gasteiger partial charge in [0.05, 0.1) is 5.69 Å². The minimum Gasteiger partial charge on any atom is -0.381 e. The van der Waals surface area contributed by atoms with Gasteiger partial charge in [0.25, 0.3) is 5.91 Å². The molecule has 2 aliphatic rings. The molecule has 0 unspecified atom stereocenters. The molecule has 0 spiro atoms. The summed E-state index contributed by atoms with van der Waals surface area (Å²) in [6.07, 6.45) is 5.61. The molecule has 0 radical (unpaired) electrons. The van der Waals surface area contributed by atoms with Gasteiger partial charge in [-0.15, -0.1) is 5.10 Å². The summed E-state index contributed by atoms with van der Waals surface area (Å²) < 4.78 is 7.41. The van der Waals surface area contributed by atoms with Crippen LogP contribution in [-0.4, -0.2) is 64.0 Å². The number of ether oxygens (including phenoxy) is 1. The van der Waals surface area contributed by atoms with E-state index in [9.17, 15) is 4.79 Å². The van der Waals surface area contributed by atoms with Crippen molar-refractivity contribution < 1.29 is 9.53 Å². The molecule has 5 rings (SSSR count). The first-order valence-corrected chi connectivity index (χ1v) is 11.9. The van der Waals surface area contributed by atoms with Crippen molar-refractivity contribution in [3.63, 3.8) is 0 Å². The normalized spacial score (nSPS) is 18.7. The van der Waals surface area contributed by atoms with Crippen molar-refractivity contribution in [2.75, 3.05) is 32.8 Å². The van der Waals surface area contributed by atoms with Crippen LogP contribution < -0.4 is 5.32 Å². The van der Waals surface area contributed by atoms with Crippen molar-refractivity contribution in [3.8, 4) is 17.1 Å². The monoisotopic (exact) mass is 445 g/mol. The Morgan fingerprint density at radius 2 is 1.61 bits per heavy atom. The number of rotatable bonds is 6. The topological polar surface area (TPSA) is 72.3 Å². The summed E-state index contributed by atoms with van der Waals surface area (Å²) in [6.45, 7) is 4.26. The van der Waals surface area contributed by atoms with Crippen LogP contribution in [0.15, 0.2) is 60.7 Å². The van der Waals surface area contributed by atoms with Crippen LogP contribution in [0.25, 0.3) is 17.1 Å². The zero-order valence-corrected chi connectivity index (χ0v) is 18.9. The number of amides is 1. The van der Waals surface area contributed by atoms with Gasteiger partial charge in [-0.1, -0.05) is 55.0 Å². The van der Waals surface area contributed by atoms with Crippen LogP contribution in [0.2, 0.25) is 0 Å². The molecule has 1 aromatic heterocycles. The molecular formula is C26H31N5O2. The van der Waals surface area contributed by atoms with Crippen LogP contribution in [0.5, 0.6) is 0 Å². The summed E-state index contributed by atoms with van der Waals surface area (Å²) in [4.78, 5) is 20.5. The van der Waals surface area contributed by atoms with E-state index in [-0.39, 0.29) is 17.3 Å². The molecule has 2 saturated heterocycles. The Morgan fingerprint density at radius 1 is 0.939 bits per heavy atom. The van der Waals surface area contributed by atoms with E-state index >= 15 is 0 Å². The van der Waals surface area contributed by atoms with Gasteiger partial charge < -0.3 is 10.1 Å². The number of carbonyl (C=O) groups is 1. The molecule has 0 bridgehead atoms. The number of para-hydroxylation sites is 1. The fourth-order valence-electron chi connectivity index (χ4n) is 4.98. The van der Waals surface area contributed by atoms with Crippen molar-refractivity contribution in [1.29, 1.82) is 0 Å². The Bertz CT molecular complexity index is 998. The maximum Gasteiger partial charge on any atom is 0.291 e. The third-order valence-electron chi connectivity index (χ3n) is 6.87. The molecule has 2 aliphatic heterocycles. The van der Waals surface area contributed by atoms with E-state index < -0.39 is 0 Å². The number of nitrogens with one attached hydrogen (secondary N) is 1. The highest BCUT2D eigenvalue weighted by Gasteiger charge is 2.39. The largest absolute Gasteiger partial charge is 0.381 e. The first-order chi connectivity index (χ1) is 16.3. The van der Waals surface area contributed by atoms with Gasteiger partial charge in [-0.05, 0) is 50.9 Å². The second-order valence-corrected chi connectivity index (χ2v) is 8.94. The Morgan fingerprint density at radius 3 is 2.30 bits per heavy atom. The summed E-state index contributed by atoms with van der Waals surface area (Å²) in [5.41, 5.74) is 1.75. The third kappa shape index (κ3) is 4.70. The lowest BCUT2D eigenvalue weighted by Crippen LogP contribution is -2.59. The van der Waals surface area contributed by atoms with Crippen molar-refractivity contribution in [3.05, 3.63) is 66.5 Å². The van der Waals surface area contributed by atoms with Crippen molar-refractivity contribution >= 4 is 5.91 Å². The lowest BCUT2D eigenvalue weighted by atomic mass is 9.86. The smallest absolute Gasteiger partial charge is 0.291 e. The average molecular weight is 446 g/mol. The molecule has 0 aliphatic carbocycles. The fraction of sp³-hybridized carbons (Fsp3) is 0.423. The number of aromatic nitrogens is 3. The van der Waals surface area contributed by atoms with E-state index in [4.69, 9.17) is 4.74 Å². The Hall–Kier alpha value is -3.03. The number of piperidine rings is 1. The lowest BCUT2D eigenvalue weighted by molar-refractivity contribution is -0.0349. The van der Waals surface area contributed by atoms with E-state index in [0.29, 0.717) is 12.4 Å². The number of hydrogen-bond acceptors (Lipinski definition) is 5. The molecule has 33 heavy (non-hydrogen) atoms. The Balaban J connectivity index is 1.39. The highest BCUT2D eigenvalue weighted by atomic mass is 16.5. The highest BCUT2D eigenvalue weighted by molar-refractivity contribution is 5.91. The Kier molecular flexibility index (Phi) is 6.51. The maximum absolute atomic E-state index is 13.2. The van der Waals surface area contributed by atoms with Crippen LogP contribution in [0.4, 0.5) is 0 Å². The molecule has 0 saturated carbocycles. The first-order valence-electron chi connectivity index (χ1n) is 11.9. The maximum atomic E-state index is 13.2. The number of nitrogens with zero attached hydrogens (tertiary/aromatic N) is 4. The minimum absolute atomic E-state index is 0.0431. The highest BCUT2D eigenvalue weighted by Crippen LogP contribution is 2.30. The molecule has 2 aromatic carbocycles. The minimum atomic E-state index is -0.232.